The molecule has 0 radical (unpaired) electrons. The van der Waals surface area contributed by atoms with Crippen molar-refractivity contribution in [1.82, 2.24) is 10.2 Å². The number of carbonyl (C=O) groups excluding carboxylic acids is 3. The van der Waals surface area contributed by atoms with Crippen molar-refractivity contribution in [3.05, 3.63) is 83.9 Å². The van der Waals surface area contributed by atoms with Crippen LogP contribution in [0.5, 0.6) is 0 Å². The maximum absolute atomic E-state index is 13.3. The van der Waals surface area contributed by atoms with Crippen LogP contribution in [0.25, 0.3) is 0 Å². The van der Waals surface area contributed by atoms with Crippen LogP contribution in [0, 0.1) is 23.7 Å². The smallest absolute Gasteiger partial charge is 0.234 e. The summed E-state index contributed by atoms with van der Waals surface area (Å²) in [5.74, 6) is -0.615. The molecule has 5 nitrogen and oxygen atoms in total. The number of nitrogens with one attached hydrogen (secondary N) is 1. The van der Waals surface area contributed by atoms with Crippen LogP contribution in [0.2, 0.25) is 0 Å². The lowest BCUT2D eigenvalue weighted by atomic mass is 9.85. The third kappa shape index (κ3) is 3.15. The highest BCUT2D eigenvalue weighted by molar-refractivity contribution is 6.07. The van der Waals surface area contributed by atoms with Crippen LogP contribution >= 0.6 is 0 Å². The molecule has 1 N–H and O–H groups in total. The molecule has 152 valence electrons. The summed E-state index contributed by atoms with van der Waals surface area (Å²) in [6.45, 7) is 0.419. The first-order valence-corrected chi connectivity index (χ1v) is 10.5. The van der Waals surface area contributed by atoms with Crippen molar-refractivity contribution >= 4 is 17.7 Å². The van der Waals surface area contributed by atoms with E-state index in [1.54, 1.807) is 0 Å². The first kappa shape index (κ1) is 18.8. The molecule has 2 aliphatic carbocycles. The number of amides is 3. The fraction of sp³-hybridized carbons (Fsp3) is 0.320. The van der Waals surface area contributed by atoms with Gasteiger partial charge >= 0.3 is 0 Å². The zero-order valence-corrected chi connectivity index (χ0v) is 16.6. The third-order valence-electron chi connectivity index (χ3n) is 6.71. The van der Waals surface area contributed by atoms with Crippen LogP contribution in [0.15, 0.2) is 72.8 Å². The van der Waals surface area contributed by atoms with Gasteiger partial charge in [-0.1, -0.05) is 72.8 Å². The Balaban J connectivity index is 1.37. The number of rotatable bonds is 6. The number of hydrogen-bond donors (Lipinski definition) is 1. The molecule has 0 spiro atoms. The van der Waals surface area contributed by atoms with E-state index < -0.39 is 6.04 Å². The molecule has 1 saturated carbocycles. The van der Waals surface area contributed by atoms with Crippen molar-refractivity contribution < 1.29 is 14.4 Å². The number of nitrogens with zero attached hydrogens (tertiary/aromatic N) is 1. The normalized spacial score (nSPS) is 27.4. The SMILES string of the molecule is O=C(CC(c1ccccc1)N1C(=O)C2C3C=CC(C3)C2C1=O)NCc1ccccc1. The maximum Gasteiger partial charge on any atom is 0.234 e. The molecule has 30 heavy (non-hydrogen) atoms. The van der Waals surface area contributed by atoms with E-state index in [0.717, 1.165) is 17.5 Å². The molecule has 2 aromatic carbocycles. The highest BCUT2D eigenvalue weighted by Crippen LogP contribution is 2.54. The molecule has 3 aliphatic rings. The first-order chi connectivity index (χ1) is 14.6. The summed E-state index contributed by atoms with van der Waals surface area (Å²) in [5.41, 5.74) is 1.82. The lowest BCUT2D eigenvalue weighted by molar-refractivity contribution is -0.144. The van der Waals surface area contributed by atoms with Gasteiger partial charge in [0.1, 0.15) is 0 Å². The second-order valence-corrected chi connectivity index (χ2v) is 8.44. The molecule has 5 heteroatoms. The molecule has 1 heterocycles. The van der Waals surface area contributed by atoms with Crippen molar-refractivity contribution in [1.29, 1.82) is 0 Å². The summed E-state index contributed by atoms with van der Waals surface area (Å²) < 4.78 is 0. The molecule has 5 atom stereocenters. The van der Waals surface area contributed by atoms with E-state index in [-0.39, 0.29) is 47.8 Å². The first-order valence-electron chi connectivity index (χ1n) is 10.5. The molecule has 2 bridgehead atoms. The summed E-state index contributed by atoms with van der Waals surface area (Å²) in [4.78, 5) is 40.8. The summed E-state index contributed by atoms with van der Waals surface area (Å²) >= 11 is 0. The predicted molar refractivity (Wildman–Crippen MR) is 112 cm³/mol. The van der Waals surface area contributed by atoms with Gasteiger partial charge in [0.15, 0.2) is 0 Å². The number of benzene rings is 2. The summed E-state index contributed by atoms with van der Waals surface area (Å²) in [6, 6.07) is 18.5. The molecular weight excluding hydrogens is 376 g/mol. The van der Waals surface area contributed by atoms with E-state index in [2.05, 4.69) is 17.5 Å². The standard InChI is InChI=1S/C25H24N2O3/c28-21(26-15-16-7-3-1-4-8-16)14-20(17-9-5-2-6-10-17)27-24(29)22-18-11-12-19(13-18)23(22)25(27)30/h1-12,18-20,22-23H,13-15H2,(H,26,28). The highest BCUT2D eigenvalue weighted by Gasteiger charge is 2.60. The van der Waals surface area contributed by atoms with E-state index in [4.69, 9.17) is 0 Å². The van der Waals surface area contributed by atoms with Crippen LogP contribution in [-0.4, -0.2) is 22.6 Å². The minimum atomic E-state index is -0.577. The summed E-state index contributed by atoms with van der Waals surface area (Å²) in [6.07, 6.45) is 5.14. The van der Waals surface area contributed by atoms with Crippen LogP contribution < -0.4 is 5.32 Å². The molecule has 2 fully saturated rings. The van der Waals surface area contributed by atoms with E-state index in [9.17, 15) is 14.4 Å². The molecule has 3 amide bonds. The zero-order valence-electron chi connectivity index (χ0n) is 16.6. The van der Waals surface area contributed by atoms with Crippen molar-refractivity contribution in [2.45, 2.75) is 25.4 Å². The van der Waals surface area contributed by atoms with Crippen LogP contribution in [0.3, 0.4) is 0 Å². The molecule has 2 aromatic rings. The Bertz CT molecular complexity index is 972. The Hall–Kier alpha value is -3.21. The van der Waals surface area contributed by atoms with Crippen LogP contribution in [0.1, 0.15) is 30.0 Å². The highest BCUT2D eigenvalue weighted by atomic mass is 16.2. The molecule has 0 aromatic heterocycles. The Morgan fingerprint density at radius 3 is 2.07 bits per heavy atom. The average molecular weight is 400 g/mol. The second kappa shape index (κ2) is 7.56. The van der Waals surface area contributed by atoms with Crippen LogP contribution in [-0.2, 0) is 20.9 Å². The van der Waals surface area contributed by atoms with Gasteiger partial charge < -0.3 is 5.32 Å². The van der Waals surface area contributed by atoms with Gasteiger partial charge in [-0.05, 0) is 29.4 Å². The van der Waals surface area contributed by atoms with E-state index >= 15 is 0 Å². The van der Waals surface area contributed by atoms with E-state index in [0.29, 0.717) is 6.54 Å². The van der Waals surface area contributed by atoms with E-state index in [1.807, 2.05) is 60.7 Å². The van der Waals surface area contributed by atoms with Gasteiger partial charge in [0.2, 0.25) is 17.7 Å². The van der Waals surface area contributed by atoms with Gasteiger partial charge in [0.05, 0.1) is 24.3 Å². The lowest BCUT2D eigenvalue weighted by Gasteiger charge is -2.28. The summed E-state index contributed by atoms with van der Waals surface area (Å²) in [5, 5.41) is 2.93. The minimum absolute atomic E-state index is 0.0660. The van der Waals surface area contributed by atoms with Crippen molar-refractivity contribution in [2.75, 3.05) is 0 Å². The van der Waals surface area contributed by atoms with E-state index in [1.165, 1.54) is 4.90 Å². The number of hydrogen-bond acceptors (Lipinski definition) is 3. The largest absolute Gasteiger partial charge is 0.352 e. The van der Waals surface area contributed by atoms with Gasteiger partial charge in [-0.3, -0.25) is 19.3 Å². The number of allylic oxidation sites excluding steroid dienone is 2. The molecule has 1 saturated heterocycles. The minimum Gasteiger partial charge on any atom is -0.352 e. The topological polar surface area (TPSA) is 66.5 Å². The quantitative estimate of drug-likeness (QED) is 0.598. The fourth-order valence-corrected chi connectivity index (χ4v) is 5.31. The maximum atomic E-state index is 13.3. The number of fused-ring (bicyclic) bond motifs is 5. The third-order valence-corrected chi connectivity index (χ3v) is 6.71. The van der Waals surface area contributed by atoms with Crippen molar-refractivity contribution in [2.24, 2.45) is 23.7 Å². The fourth-order valence-electron chi connectivity index (χ4n) is 5.31. The number of imide groups is 1. The Labute approximate surface area is 175 Å². The monoisotopic (exact) mass is 400 g/mol. The van der Waals surface area contributed by atoms with Gasteiger partial charge in [0.25, 0.3) is 0 Å². The van der Waals surface area contributed by atoms with Gasteiger partial charge in [-0.15, -0.1) is 0 Å². The molecular formula is C25H24N2O3. The average Bonchev–Trinajstić information content (AvgIpc) is 3.46. The molecule has 5 rings (SSSR count). The van der Waals surface area contributed by atoms with Gasteiger partial charge in [-0.25, -0.2) is 0 Å². The van der Waals surface area contributed by atoms with Gasteiger partial charge in [0, 0.05) is 6.54 Å². The molecule has 5 unspecified atom stereocenters. The zero-order chi connectivity index (χ0) is 20.7. The summed E-state index contributed by atoms with van der Waals surface area (Å²) in [7, 11) is 0. The Kier molecular flexibility index (Phi) is 4.74. The Morgan fingerprint density at radius 2 is 1.47 bits per heavy atom. The predicted octanol–water partition coefficient (Wildman–Crippen LogP) is 3.24. The number of carbonyl (C=O) groups is 3. The van der Waals surface area contributed by atoms with Crippen molar-refractivity contribution in [3.63, 3.8) is 0 Å². The number of likely N-dealkylation sites (tertiary alicyclic amines) is 1. The Morgan fingerprint density at radius 1 is 0.900 bits per heavy atom. The second-order valence-electron chi connectivity index (χ2n) is 8.44. The van der Waals surface area contributed by atoms with Crippen LogP contribution in [0.4, 0.5) is 0 Å². The van der Waals surface area contributed by atoms with Crippen molar-refractivity contribution in [3.8, 4) is 0 Å². The molecule has 1 aliphatic heterocycles. The lowest BCUT2D eigenvalue weighted by Crippen LogP contribution is -2.39. The van der Waals surface area contributed by atoms with Gasteiger partial charge in [-0.2, -0.15) is 0 Å².